The van der Waals surface area contributed by atoms with E-state index in [9.17, 15) is 9.18 Å². The van der Waals surface area contributed by atoms with Gasteiger partial charge in [-0.05, 0) is 19.1 Å². The molecule has 2 heterocycles. The zero-order valence-electron chi connectivity index (χ0n) is 13.8. The Bertz CT molecular complexity index is 733. The lowest BCUT2D eigenvalue weighted by Gasteiger charge is -2.24. The molecule has 1 saturated heterocycles. The van der Waals surface area contributed by atoms with E-state index in [-0.39, 0.29) is 11.8 Å². The van der Waals surface area contributed by atoms with E-state index in [0.29, 0.717) is 36.9 Å². The number of aromatic nitrogens is 2. The molecule has 25 heavy (non-hydrogen) atoms. The second-order valence-corrected chi connectivity index (χ2v) is 5.43. The molecule has 2 N–H and O–H groups in total. The number of ether oxygens (including phenoxy) is 2. The van der Waals surface area contributed by atoms with Gasteiger partial charge in [-0.15, -0.1) is 0 Å². The summed E-state index contributed by atoms with van der Waals surface area (Å²) in [5.41, 5.74) is 0.921. The molecule has 1 aliphatic heterocycles. The summed E-state index contributed by atoms with van der Waals surface area (Å²) in [7, 11) is 0. The van der Waals surface area contributed by atoms with Crippen LogP contribution in [0.2, 0.25) is 0 Å². The summed E-state index contributed by atoms with van der Waals surface area (Å²) in [6.07, 6.45) is 2.36. The molecule has 1 atom stereocenters. The van der Waals surface area contributed by atoms with Crippen molar-refractivity contribution in [3.05, 3.63) is 47.7 Å². The molecule has 8 heteroatoms. The monoisotopic (exact) mass is 346 g/mol. The number of benzene rings is 1. The zero-order valence-corrected chi connectivity index (χ0v) is 13.8. The fourth-order valence-electron chi connectivity index (χ4n) is 2.48. The SMILES string of the molecule is CCOc1cnc(C(=O)Nc2ccc([C@H]3CNCCO3)c(F)c2)cn1. The number of rotatable bonds is 5. The highest BCUT2D eigenvalue weighted by Crippen LogP contribution is 2.24. The van der Waals surface area contributed by atoms with Crippen LogP contribution >= 0.6 is 0 Å². The molecule has 132 valence electrons. The molecule has 0 radical (unpaired) electrons. The van der Waals surface area contributed by atoms with Gasteiger partial charge in [0, 0.05) is 24.3 Å². The summed E-state index contributed by atoms with van der Waals surface area (Å²) in [6, 6.07) is 4.52. The first-order valence-corrected chi connectivity index (χ1v) is 8.05. The number of morpholine rings is 1. The van der Waals surface area contributed by atoms with Crippen LogP contribution in [0.4, 0.5) is 10.1 Å². The maximum Gasteiger partial charge on any atom is 0.275 e. The molecule has 1 aromatic heterocycles. The fraction of sp³-hybridized carbons (Fsp3) is 0.353. The quantitative estimate of drug-likeness (QED) is 0.860. The van der Waals surface area contributed by atoms with Gasteiger partial charge >= 0.3 is 0 Å². The number of amides is 1. The Balaban J connectivity index is 1.67. The van der Waals surface area contributed by atoms with Crippen LogP contribution in [0.25, 0.3) is 0 Å². The molecule has 2 aromatic rings. The molecule has 1 fully saturated rings. The summed E-state index contributed by atoms with van der Waals surface area (Å²) >= 11 is 0. The second kappa shape index (κ2) is 8.00. The Morgan fingerprint density at radius 2 is 2.32 bits per heavy atom. The van der Waals surface area contributed by atoms with E-state index in [2.05, 4.69) is 20.6 Å². The lowest BCUT2D eigenvalue weighted by atomic mass is 10.1. The molecule has 0 saturated carbocycles. The molecular formula is C17H19FN4O3. The molecule has 1 amide bonds. The van der Waals surface area contributed by atoms with Crippen molar-refractivity contribution in [2.45, 2.75) is 13.0 Å². The maximum absolute atomic E-state index is 14.3. The Morgan fingerprint density at radius 3 is 2.96 bits per heavy atom. The summed E-state index contributed by atoms with van der Waals surface area (Å²) < 4.78 is 25.0. The molecule has 0 bridgehead atoms. The van der Waals surface area contributed by atoms with Gasteiger partial charge in [0.2, 0.25) is 5.88 Å². The predicted molar refractivity (Wildman–Crippen MR) is 89.1 cm³/mol. The lowest BCUT2D eigenvalue weighted by molar-refractivity contribution is 0.0255. The lowest BCUT2D eigenvalue weighted by Crippen LogP contribution is -2.33. The Kier molecular flexibility index (Phi) is 5.52. The van der Waals surface area contributed by atoms with E-state index < -0.39 is 11.7 Å². The minimum atomic E-state index is -0.474. The topological polar surface area (TPSA) is 85.4 Å². The van der Waals surface area contributed by atoms with E-state index in [1.807, 2.05) is 6.92 Å². The van der Waals surface area contributed by atoms with Crippen LogP contribution in [-0.4, -0.2) is 42.2 Å². The molecular weight excluding hydrogens is 327 g/mol. The van der Waals surface area contributed by atoms with Gasteiger partial charge in [0.1, 0.15) is 11.5 Å². The second-order valence-electron chi connectivity index (χ2n) is 5.43. The van der Waals surface area contributed by atoms with Crippen LogP contribution < -0.4 is 15.4 Å². The number of hydrogen-bond acceptors (Lipinski definition) is 6. The average Bonchev–Trinajstić information content (AvgIpc) is 2.63. The van der Waals surface area contributed by atoms with Crippen LogP contribution in [0.1, 0.15) is 29.1 Å². The molecule has 7 nitrogen and oxygen atoms in total. The minimum Gasteiger partial charge on any atom is -0.477 e. The molecule has 1 aliphatic rings. The van der Waals surface area contributed by atoms with Gasteiger partial charge in [0.05, 0.1) is 31.7 Å². The van der Waals surface area contributed by atoms with E-state index in [0.717, 1.165) is 6.54 Å². The number of carbonyl (C=O) groups is 1. The van der Waals surface area contributed by atoms with Gasteiger partial charge in [0.15, 0.2) is 0 Å². The van der Waals surface area contributed by atoms with Gasteiger partial charge in [-0.25, -0.2) is 14.4 Å². The molecule has 0 unspecified atom stereocenters. The fourth-order valence-corrected chi connectivity index (χ4v) is 2.48. The van der Waals surface area contributed by atoms with Crippen molar-refractivity contribution in [1.82, 2.24) is 15.3 Å². The van der Waals surface area contributed by atoms with Gasteiger partial charge in [-0.2, -0.15) is 0 Å². The van der Waals surface area contributed by atoms with E-state index in [4.69, 9.17) is 9.47 Å². The predicted octanol–water partition coefficient (Wildman–Crippen LogP) is 1.93. The molecule has 0 spiro atoms. The third kappa shape index (κ3) is 4.28. The summed E-state index contributed by atoms with van der Waals surface area (Å²) in [4.78, 5) is 20.1. The van der Waals surface area contributed by atoms with Crippen LogP contribution in [0.5, 0.6) is 5.88 Å². The van der Waals surface area contributed by atoms with Crippen molar-refractivity contribution >= 4 is 11.6 Å². The number of nitrogens with one attached hydrogen (secondary N) is 2. The standard InChI is InChI=1S/C17H19FN4O3/c1-2-24-16-10-20-14(8-21-16)17(23)22-11-3-4-12(13(18)7-11)15-9-19-5-6-25-15/h3-4,7-8,10,15,19H,2,5-6,9H2,1H3,(H,22,23)/t15-/m1/s1. The summed E-state index contributed by atoms with van der Waals surface area (Å²) in [5.74, 6) is -0.557. The van der Waals surface area contributed by atoms with Gasteiger partial charge in [-0.3, -0.25) is 4.79 Å². The van der Waals surface area contributed by atoms with Crippen LogP contribution in [0, 0.1) is 5.82 Å². The largest absolute Gasteiger partial charge is 0.477 e. The Labute approximate surface area is 144 Å². The third-order valence-electron chi connectivity index (χ3n) is 3.69. The first kappa shape index (κ1) is 17.2. The smallest absolute Gasteiger partial charge is 0.275 e. The van der Waals surface area contributed by atoms with Gasteiger partial charge in [0.25, 0.3) is 5.91 Å². The highest BCUT2D eigenvalue weighted by atomic mass is 19.1. The zero-order chi connectivity index (χ0) is 17.6. The molecule has 0 aliphatic carbocycles. The van der Waals surface area contributed by atoms with Crippen molar-refractivity contribution < 1.29 is 18.7 Å². The van der Waals surface area contributed by atoms with Crippen LogP contribution in [0.3, 0.4) is 0 Å². The first-order valence-electron chi connectivity index (χ1n) is 8.05. The van der Waals surface area contributed by atoms with Crippen molar-refractivity contribution in [2.24, 2.45) is 0 Å². The highest BCUT2D eigenvalue weighted by Gasteiger charge is 2.20. The van der Waals surface area contributed by atoms with E-state index in [1.165, 1.54) is 18.5 Å². The van der Waals surface area contributed by atoms with Crippen molar-refractivity contribution in [2.75, 3.05) is 31.6 Å². The van der Waals surface area contributed by atoms with Gasteiger partial charge in [-0.1, -0.05) is 6.07 Å². The average molecular weight is 346 g/mol. The van der Waals surface area contributed by atoms with Crippen LogP contribution in [-0.2, 0) is 4.74 Å². The third-order valence-corrected chi connectivity index (χ3v) is 3.69. The maximum atomic E-state index is 14.3. The van der Waals surface area contributed by atoms with Crippen LogP contribution in [0.15, 0.2) is 30.6 Å². The summed E-state index contributed by atoms with van der Waals surface area (Å²) in [5, 5.41) is 5.76. The van der Waals surface area contributed by atoms with Crippen molar-refractivity contribution in [3.63, 3.8) is 0 Å². The van der Waals surface area contributed by atoms with E-state index >= 15 is 0 Å². The van der Waals surface area contributed by atoms with E-state index in [1.54, 1.807) is 12.1 Å². The number of nitrogens with zero attached hydrogens (tertiary/aromatic N) is 2. The first-order chi connectivity index (χ1) is 12.2. The molecule has 1 aromatic carbocycles. The summed E-state index contributed by atoms with van der Waals surface area (Å²) in [6.45, 7) is 4.15. The molecule has 3 rings (SSSR count). The number of hydrogen-bond donors (Lipinski definition) is 2. The minimum absolute atomic E-state index is 0.118. The highest BCUT2D eigenvalue weighted by molar-refractivity contribution is 6.02. The number of halogens is 1. The number of anilines is 1. The van der Waals surface area contributed by atoms with Crippen molar-refractivity contribution in [3.8, 4) is 5.88 Å². The number of carbonyl (C=O) groups excluding carboxylic acids is 1. The van der Waals surface area contributed by atoms with Crippen molar-refractivity contribution in [1.29, 1.82) is 0 Å². The normalized spacial score (nSPS) is 17.1. The Hall–Kier alpha value is -2.58. The Morgan fingerprint density at radius 1 is 1.44 bits per heavy atom. The van der Waals surface area contributed by atoms with Gasteiger partial charge < -0.3 is 20.1 Å².